The van der Waals surface area contributed by atoms with Gasteiger partial charge in [0.05, 0.1) is 5.41 Å². The van der Waals surface area contributed by atoms with Gasteiger partial charge >= 0.3 is 5.97 Å². The van der Waals surface area contributed by atoms with Crippen molar-refractivity contribution in [2.45, 2.75) is 52.4 Å². The van der Waals surface area contributed by atoms with Crippen LogP contribution in [0.2, 0.25) is 0 Å². The first kappa shape index (κ1) is 17.0. The van der Waals surface area contributed by atoms with E-state index < -0.39 is 11.4 Å². The Balaban J connectivity index is 3.00. The molecule has 2 atom stereocenters. The number of carbonyl (C=O) groups is 1. The van der Waals surface area contributed by atoms with Gasteiger partial charge in [0.25, 0.3) is 0 Å². The highest BCUT2D eigenvalue weighted by molar-refractivity contribution is 5.79. The van der Waals surface area contributed by atoms with E-state index in [2.05, 4.69) is 19.9 Å². The molecular weight excluding hydrogens is 252 g/mol. The molecule has 0 aliphatic heterocycles. The molecule has 0 aromatic heterocycles. The van der Waals surface area contributed by atoms with Gasteiger partial charge in [0.2, 0.25) is 0 Å². The Kier molecular flexibility index (Phi) is 7.00. The number of ether oxygens (including phenoxy) is 1. The van der Waals surface area contributed by atoms with E-state index in [9.17, 15) is 9.90 Å². The van der Waals surface area contributed by atoms with Crippen LogP contribution in [0.15, 0.2) is 23.8 Å². The molecule has 0 heterocycles. The van der Waals surface area contributed by atoms with E-state index in [-0.39, 0.29) is 5.92 Å². The lowest BCUT2D eigenvalue weighted by Gasteiger charge is -2.38. The fraction of sp³-hybridized carbons (Fsp3) is 0.706. The minimum Gasteiger partial charge on any atom is -0.481 e. The van der Waals surface area contributed by atoms with E-state index in [0.29, 0.717) is 6.61 Å². The summed E-state index contributed by atoms with van der Waals surface area (Å²) in [5.74, 6) is -0.628. The molecule has 1 rings (SSSR count). The van der Waals surface area contributed by atoms with Crippen molar-refractivity contribution in [2.75, 3.05) is 13.7 Å². The highest BCUT2D eigenvalue weighted by Crippen LogP contribution is 2.45. The van der Waals surface area contributed by atoms with Crippen LogP contribution in [-0.2, 0) is 9.53 Å². The number of carboxylic acids is 1. The molecule has 0 radical (unpaired) electrons. The summed E-state index contributed by atoms with van der Waals surface area (Å²) >= 11 is 0. The van der Waals surface area contributed by atoms with E-state index in [0.717, 1.165) is 38.5 Å². The van der Waals surface area contributed by atoms with Crippen molar-refractivity contribution in [3.05, 3.63) is 23.8 Å². The lowest BCUT2D eigenvalue weighted by Crippen LogP contribution is -2.40. The summed E-state index contributed by atoms with van der Waals surface area (Å²) in [6, 6.07) is 0. The summed E-state index contributed by atoms with van der Waals surface area (Å²) in [6.45, 7) is 4.85. The first-order valence-electron chi connectivity index (χ1n) is 7.73. The maximum absolute atomic E-state index is 12.0. The molecule has 0 amide bonds. The molecule has 20 heavy (non-hydrogen) atoms. The van der Waals surface area contributed by atoms with Crippen molar-refractivity contribution in [1.82, 2.24) is 0 Å². The van der Waals surface area contributed by atoms with E-state index in [1.54, 1.807) is 7.11 Å². The van der Waals surface area contributed by atoms with Crippen molar-refractivity contribution in [3.8, 4) is 0 Å². The summed E-state index contributed by atoms with van der Waals surface area (Å²) in [7, 11) is 1.67. The average Bonchev–Trinajstić information content (AvgIpc) is 2.45. The smallest absolute Gasteiger partial charge is 0.314 e. The summed E-state index contributed by atoms with van der Waals surface area (Å²) in [5.41, 5.74) is 0.497. The molecule has 1 aliphatic rings. The van der Waals surface area contributed by atoms with E-state index in [1.165, 1.54) is 5.57 Å². The first-order chi connectivity index (χ1) is 9.62. The van der Waals surface area contributed by atoms with Crippen LogP contribution >= 0.6 is 0 Å². The van der Waals surface area contributed by atoms with Gasteiger partial charge in [-0.15, -0.1) is 0 Å². The zero-order valence-electron chi connectivity index (χ0n) is 13.0. The molecule has 0 saturated heterocycles. The number of methoxy groups -OCH3 is 1. The Morgan fingerprint density at radius 3 is 2.70 bits per heavy atom. The number of unbranched alkanes of at least 4 members (excludes halogenated alkanes) is 2. The molecular formula is C17H28O3. The molecule has 1 aliphatic carbocycles. The maximum Gasteiger partial charge on any atom is 0.314 e. The monoisotopic (exact) mass is 280 g/mol. The lowest BCUT2D eigenvalue weighted by molar-refractivity contribution is -0.149. The number of allylic oxidation sites excluding steroid dienone is 3. The Labute approximate surface area is 122 Å². The normalized spacial score (nSPS) is 25.6. The lowest BCUT2D eigenvalue weighted by atomic mass is 9.64. The van der Waals surface area contributed by atoms with Gasteiger partial charge in [-0.05, 0) is 19.3 Å². The quantitative estimate of drug-likeness (QED) is 0.644. The second-order valence-electron chi connectivity index (χ2n) is 5.59. The Hall–Kier alpha value is -1.09. The van der Waals surface area contributed by atoms with Gasteiger partial charge < -0.3 is 9.84 Å². The van der Waals surface area contributed by atoms with Gasteiger partial charge in [-0.3, -0.25) is 4.79 Å². The number of aliphatic carboxylic acids is 1. The van der Waals surface area contributed by atoms with E-state index in [1.807, 2.05) is 12.2 Å². The molecule has 0 saturated carbocycles. The van der Waals surface area contributed by atoms with Crippen molar-refractivity contribution in [2.24, 2.45) is 11.3 Å². The molecule has 114 valence electrons. The van der Waals surface area contributed by atoms with Crippen molar-refractivity contribution >= 4 is 5.97 Å². The van der Waals surface area contributed by atoms with Crippen molar-refractivity contribution in [1.29, 1.82) is 0 Å². The molecule has 1 N–H and O–H groups in total. The molecule has 0 fully saturated rings. The van der Waals surface area contributed by atoms with Gasteiger partial charge in [-0.1, -0.05) is 56.9 Å². The van der Waals surface area contributed by atoms with Crippen LogP contribution in [0.25, 0.3) is 0 Å². The molecule has 0 spiro atoms. The van der Waals surface area contributed by atoms with Gasteiger partial charge in [0.15, 0.2) is 0 Å². The van der Waals surface area contributed by atoms with Crippen LogP contribution in [0.5, 0.6) is 0 Å². The van der Waals surface area contributed by atoms with Crippen LogP contribution in [0.3, 0.4) is 0 Å². The highest BCUT2D eigenvalue weighted by atomic mass is 16.5. The zero-order chi connectivity index (χ0) is 15.0. The largest absolute Gasteiger partial charge is 0.481 e. The molecule has 0 bridgehead atoms. The molecule has 3 heteroatoms. The SMILES string of the molecule is CCCCCC1(C(=O)O)C=CC=C(CC)C1CCOC. The Morgan fingerprint density at radius 2 is 2.15 bits per heavy atom. The van der Waals surface area contributed by atoms with E-state index in [4.69, 9.17) is 4.74 Å². The predicted octanol–water partition coefficient (Wildman–Crippen LogP) is 4.20. The second kappa shape index (κ2) is 8.25. The summed E-state index contributed by atoms with van der Waals surface area (Å²) in [6.07, 6.45) is 11.5. The maximum atomic E-state index is 12.0. The van der Waals surface area contributed by atoms with Crippen LogP contribution < -0.4 is 0 Å². The third-order valence-electron chi connectivity index (χ3n) is 4.38. The van der Waals surface area contributed by atoms with E-state index >= 15 is 0 Å². The van der Waals surface area contributed by atoms with Gasteiger partial charge in [-0.25, -0.2) is 0 Å². The van der Waals surface area contributed by atoms with Crippen LogP contribution in [0.4, 0.5) is 0 Å². The second-order valence-corrected chi connectivity index (χ2v) is 5.59. The average molecular weight is 280 g/mol. The topological polar surface area (TPSA) is 46.5 Å². The van der Waals surface area contributed by atoms with Gasteiger partial charge in [-0.2, -0.15) is 0 Å². The van der Waals surface area contributed by atoms with Gasteiger partial charge in [0, 0.05) is 19.6 Å². The molecule has 0 aromatic carbocycles. The van der Waals surface area contributed by atoms with Crippen LogP contribution in [0, 0.1) is 11.3 Å². The number of rotatable bonds is 9. The highest BCUT2D eigenvalue weighted by Gasteiger charge is 2.45. The Bertz CT molecular complexity index is 370. The van der Waals surface area contributed by atoms with Crippen LogP contribution in [-0.4, -0.2) is 24.8 Å². The number of hydrogen-bond donors (Lipinski definition) is 1. The Morgan fingerprint density at radius 1 is 1.40 bits per heavy atom. The number of hydrogen-bond acceptors (Lipinski definition) is 2. The summed E-state index contributed by atoms with van der Waals surface area (Å²) in [5, 5.41) is 9.85. The minimum atomic E-state index is -0.742. The third kappa shape index (κ3) is 3.72. The van der Waals surface area contributed by atoms with Crippen LogP contribution in [0.1, 0.15) is 52.4 Å². The molecule has 3 nitrogen and oxygen atoms in total. The zero-order valence-corrected chi connectivity index (χ0v) is 13.0. The van der Waals surface area contributed by atoms with Crippen molar-refractivity contribution < 1.29 is 14.6 Å². The number of carboxylic acid groups (broad SMARTS) is 1. The summed E-state index contributed by atoms with van der Waals surface area (Å²) < 4.78 is 5.19. The minimum absolute atomic E-state index is 0.0619. The summed E-state index contributed by atoms with van der Waals surface area (Å²) in [4.78, 5) is 12.0. The van der Waals surface area contributed by atoms with Crippen molar-refractivity contribution in [3.63, 3.8) is 0 Å². The third-order valence-corrected chi connectivity index (χ3v) is 4.38. The molecule has 0 aromatic rings. The van der Waals surface area contributed by atoms with Gasteiger partial charge in [0.1, 0.15) is 0 Å². The predicted molar refractivity (Wildman–Crippen MR) is 81.7 cm³/mol. The molecule has 2 unspecified atom stereocenters. The first-order valence-corrected chi connectivity index (χ1v) is 7.73. The standard InChI is InChI=1S/C17H28O3/c1-4-6-7-11-17(16(18)19)12-8-9-14(5-2)15(17)10-13-20-3/h8-9,12,15H,4-7,10-11,13H2,1-3H3,(H,18,19). The fourth-order valence-corrected chi connectivity index (χ4v) is 3.20. The fourth-order valence-electron chi connectivity index (χ4n) is 3.20.